The molecule has 3 aromatic rings. The lowest BCUT2D eigenvalue weighted by atomic mass is 10.2. The summed E-state index contributed by atoms with van der Waals surface area (Å²) in [6.45, 7) is 10.3. The zero-order valence-corrected chi connectivity index (χ0v) is 25.1. The smallest absolute Gasteiger partial charge is 0.428 e. The summed E-state index contributed by atoms with van der Waals surface area (Å²) in [7, 11) is -7.10. The highest BCUT2D eigenvalue weighted by Gasteiger charge is 2.37. The fourth-order valence-electron chi connectivity index (χ4n) is 3.49. The number of ether oxygens (including phenoxy) is 4. The van der Waals surface area contributed by atoms with Crippen LogP contribution in [-0.4, -0.2) is 38.2 Å². The average molecular weight is 591 g/mol. The van der Waals surface area contributed by atoms with Crippen molar-refractivity contribution < 1.29 is 40.6 Å². The summed E-state index contributed by atoms with van der Waals surface area (Å²) in [4.78, 5) is 26.1. The van der Waals surface area contributed by atoms with Crippen LogP contribution in [-0.2, 0) is 23.2 Å². The Morgan fingerprint density at radius 1 is 0.600 bits per heavy atom. The molecule has 0 atom stereocenters. The molecule has 11 heteroatoms. The zero-order chi connectivity index (χ0) is 29.8. The van der Waals surface area contributed by atoms with Gasteiger partial charge in [0.2, 0.25) is 0 Å². The normalized spacial score (nSPS) is 12.8. The highest BCUT2D eigenvalue weighted by atomic mass is 32.3. The Hall–Kier alpha value is -3.54. The molecule has 3 rings (SSSR count). The van der Waals surface area contributed by atoms with E-state index >= 15 is 0 Å². The number of rotatable bonds is 7. The quantitative estimate of drug-likeness (QED) is 0.204. The molecule has 0 radical (unpaired) electrons. The predicted molar refractivity (Wildman–Crippen MR) is 151 cm³/mol. The third-order valence-corrected chi connectivity index (χ3v) is 9.33. The van der Waals surface area contributed by atoms with Crippen LogP contribution in [0.5, 0.6) is 11.5 Å². The topological polar surface area (TPSA) is 114 Å². The van der Waals surface area contributed by atoms with Crippen molar-refractivity contribution in [2.24, 2.45) is 0 Å². The Kier molecular flexibility index (Phi) is 9.23. The molecular formula is C29H34O9S2. The van der Waals surface area contributed by atoms with Crippen molar-refractivity contribution in [1.29, 1.82) is 0 Å². The van der Waals surface area contributed by atoms with E-state index in [-0.39, 0.29) is 11.5 Å². The highest BCUT2D eigenvalue weighted by Crippen LogP contribution is 2.70. The Labute approximate surface area is 237 Å². The summed E-state index contributed by atoms with van der Waals surface area (Å²) >= 11 is 0. The van der Waals surface area contributed by atoms with Crippen LogP contribution in [0.1, 0.15) is 41.5 Å². The molecule has 216 valence electrons. The summed E-state index contributed by atoms with van der Waals surface area (Å²) in [6.07, 6.45) is -0.872. The van der Waals surface area contributed by atoms with Crippen molar-refractivity contribution in [2.45, 2.75) is 67.4 Å². The molecule has 9 nitrogen and oxygen atoms in total. The van der Waals surface area contributed by atoms with Gasteiger partial charge in [-0.1, -0.05) is 30.3 Å². The van der Waals surface area contributed by atoms with Gasteiger partial charge in [-0.05, 0) is 100 Å². The van der Waals surface area contributed by atoms with Gasteiger partial charge in [-0.25, -0.2) is 13.2 Å². The minimum atomic E-state index is -4.07. The zero-order valence-electron chi connectivity index (χ0n) is 23.5. The van der Waals surface area contributed by atoms with Gasteiger partial charge < -0.3 is 18.9 Å². The maximum atomic E-state index is 12.8. The van der Waals surface area contributed by atoms with Crippen molar-refractivity contribution >= 4 is 32.7 Å². The van der Waals surface area contributed by atoms with Crippen LogP contribution in [0.3, 0.4) is 0 Å². The van der Waals surface area contributed by atoms with Gasteiger partial charge in [0, 0.05) is 14.7 Å². The van der Waals surface area contributed by atoms with Crippen LogP contribution >= 0.6 is 10.3 Å². The van der Waals surface area contributed by atoms with E-state index in [0.29, 0.717) is 14.7 Å². The summed E-state index contributed by atoms with van der Waals surface area (Å²) in [5.41, 5.74) is -1.55. The molecule has 0 spiro atoms. The minimum absolute atomic E-state index is 0.123. The third kappa shape index (κ3) is 8.73. The summed E-state index contributed by atoms with van der Waals surface area (Å²) in [5, 5.41) is 0. The average Bonchev–Trinajstić information content (AvgIpc) is 2.80. The van der Waals surface area contributed by atoms with Crippen LogP contribution in [0.15, 0.2) is 93.5 Å². The maximum absolute atomic E-state index is 12.8. The number of carbonyl (C=O) groups is 2. The number of benzene rings is 3. The summed E-state index contributed by atoms with van der Waals surface area (Å²) < 4.78 is 52.9. The van der Waals surface area contributed by atoms with E-state index in [1.54, 1.807) is 108 Å². The van der Waals surface area contributed by atoms with E-state index in [4.69, 9.17) is 22.6 Å². The molecular weight excluding hydrogens is 556 g/mol. The Morgan fingerprint density at radius 3 is 1.38 bits per heavy atom. The number of carbonyl (C=O) groups excluding carboxylic acids is 2. The van der Waals surface area contributed by atoms with Crippen molar-refractivity contribution in [2.75, 3.05) is 6.26 Å². The predicted octanol–water partition coefficient (Wildman–Crippen LogP) is 7.49. The van der Waals surface area contributed by atoms with E-state index in [1.807, 2.05) is 0 Å². The first kappa shape index (κ1) is 31.0. The van der Waals surface area contributed by atoms with Crippen molar-refractivity contribution in [3.05, 3.63) is 78.9 Å². The lowest BCUT2D eigenvalue weighted by molar-refractivity contribution is 0.0192. The van der Waals surface area contributed by atoms with Gasteiger partial charge in [-0.3, -0.25) is 0 Å². The van der Waals surface area contributed by atoms with E-state index in [1.165, 1.54) is 12.1 Å². The second-order valence-electron chi connectivity index (χ2n) is 10.7. The number of hydrogen-bond acceptors (Lipinski definition) is 9. The van der Waals surface area contributed by atoms with Gasteiger partial charge in [-0.2, -0.15) is 8.42 Å². The highest BCUT2D eigenvalue weighted by molar-refractivity contribution is 8.33. The van der Waals surface area contributed by atoms with Crippen LogP contribution in [0.2, 0.25) is 0 Å². The molecule has 0 aliphatic rings. The molecule has 0 bridgehead atoms. The first-order chi connectivity index (χ1) is 18.5. The molecule has 0 saturated heterocycles. The van der Waals surface area contributed by atoms with Gasteiger partial charge in [-0.15, -0.1) is 0 Å². The minimum Gasteiger partial charge on any atom is -0.428 e. The Balaban J connectivity index is 2.20. The second kappa shape index (κ2) is 11.9. The van der Waals surface area contributed by atoms with Crippen LogP contribution < -0.4 is 9.47 Å². The first-order valence-corrected chi connectivity index (χ1v) is 15.7. The fourth-order valence-corrected chi connectivity index (χ4v) is 8.38. The molecule has 0 N–H and O–H groups in total. The fraction of sp³-hybridized carbons (Fsp3) is 0.310. The molecule has 0 aliphatic heterocycles. The monoisotopic (exact) mass is 590 g/mol. The Morgan fingerprint density at radius 2 is 1.00 bits per heavy atom. The molecule has 0 amide bonds. The van der Waals surface area contributed by atoms with E-state index in [2.05, 4.69) is 0 Å². The summed E-state index contributed by atoms with van der Waals surface area (Å²) in [6, 6.07) is 21.5. The van der Waals surface area contributed by atoms with Crippen molar-refractivity contribution in [1.82, 2.24) is 0 Å². The molecule has 0 saturated carbocycles. The molecule has 40 heavy (non-hydrogen) atoms. The first-order valence-electron chi connectivity index (χ1n) is 12.3. The van der Waals surface area contributed by atoms with Crippen molar-refractivity contribution in [3.8, 4) is 11.5 Å². The van der Waals surface area contributed by atoms with Crippen LogP contribution in [0, 0.1) is 0 Å². The molecule has 0 heterocycles. The molecule has 0 aromatic heterocycles. The van der Waals surface area contributed by atoms with E-state index in [9.17, 15) is 18.0 Å². The maximum Gasteiger partial charge on any atom is 0.514 e. The van der Waals surface area contributed by atoms with Gasteiger partial charge in [0.15, 0.2) is 0 Å². The van der Waals surface area contributed by atoms with Gasteiger partial charge >= 0.3 is 12.3 Å². The van der Waals surface area contributed by atoms with Gasteiger partial charge in [0.1, 0.15) is 22.7 Å². The lowest BCUT2D eigenvalue weighted by Gasteiger charge is -2.39. The van der Waals surface area contributed by atoms with Gasteiger partial charge in [0.05, 0.1) is 6.26 Å². The standard InChI is InChI=1S/C29H34O9S2/c1-28(2,3)36-26(30)34-21-13-11-17-24(19-21)40(38-39(7,32)33,23-15-9-8-10-16-23)25-18-12-14-22(20-25)35-27(31)37-29(4,5)6/h8-20H,1-7H3. The molecule has 0 unspecified atom stereocenters. The molecule has 0 aliphatic carbocycles. The van der Waals surface area contributed by atoms with Gasteiger partial charge in [0.25, 0.3) is 10.1 Å². The summed E-state index contributed by atoms with van der Waals surface area (Å²) in [5.74, 6) is 0.246. The van der Waals surface area contributed by atoms with Crippen molar-refractivity contribution in [3.63, 3.8) is 0 Å². The van der Waals surface area contributed by atoms with Crippen LogP contribution in [0.25, 0.3) is 0 Å². The molecule has 0 fully saturated rings. The Bertz CT molecular complexity index is 1380. The largest absolute Gasteiger partial charge is 0.514 e. The SMILES string of the molecule is CC(C)(C)OC(=O)Oc1cccc(S(OS(C)(=O)=O)(c2ccccc2)c2cccc(OC(=O)OC(C)(C)C)c2)c1. The third-order valence-electron chi connectivity index (χ3n) is 4.76. The van der Waals surface area contributed by atoms with Crippen LogP contribution in [0.4, 0.5) is 9.59 Å². The van der Waals surface area contributed by atoms with E-state index in [0.717, 1.165) is 6.26 Å². The number of hydrogen-bond donors (Lipinski definition) is 0. The molecule has 3 aromatic carbocycles. The lowest BCUT2D eigenvalue weighted by Crippen LogP contribution is -2.26. The second-order valence-corrected chi connectivity index (χ2v) is 15.2. The van der Waals surface area contributed by atoms with E-state index < -0.39 is 43.9 Å².